The van der Waals surface area contributed by atoms with Crippen LogP contribution in [0.3, 0.4) is 0 Å². The summed E-state index contributed by atoms with van der Waals surface area (Å²) in [5, 5.41) is 8.06. The highest BCUT2D eigenvalue weighted by molar-refractivity contribution is 7.09. The number of aliphatic imine (C=N–C) groups is 1. The fourth-order valence-electron chi connectivity index (χ4n) is 2.15. The number of nitrogens with two attached hydrogens (primary N) is 1. The van der Waals surface area contributed by atoms with Crippen LogP contribution in [0.2, 0.25) is 0 Å². The maximum absolute atomic E-state index is 11.5. The van der Waals surface area contributed by atoms with Crippen molar-refractivity contribution >= 4 is 28.9 Å². The van der Waals surface area contributed by atoms with Crippen LogP contribution < -0.4 is 16.4 Å². The second-order valence-electron chi connectivity index (χ2n) is 5.45. The van der Waals surface area contributed by atoms with Crippen LogP contribution in [-0.4, -0.2) is 18.4 Å². The number of nitrogens with one attached hydrogen (secondary N) is 2. The summed E-state index contributed by atoms with van der Waals surface area (Å²) in [6.07, 6.45) is 2.33. The lowest BCUT2D eigenvalue weighted by atomic mass is 10.2. The van der Waals surface area contributed by atoms with Gasteiger partial charge in [0.25, 0.3) is 0 Å². The highest BCUT2D eigenvalue weighted by Gasteiger charge is 2.01. The summed E-state index contributed by atoms with van der Waals surface area (Å²) in [5.74, 6) is 0.495. The van der Waals surface area contributed by atoms with Gasteiger partial charge in [-0.05, 0) is 42.0 Å². The summed E-state index contributed by atoms with van der Waals surface area (Å²) in [5.41, 5.74) is 7.73. The van der Waals surface area contributed by atoms with Crippen molar-refractivity contribution in [3.63, 3.8) is 0 Å². The van der Waals surface area contributed by atoms with Gasteiger partial charge >= 0.3 is 0 Å². The molecule has 1 aromatic carbocycles. The van der Waals surface area contributed by atoms with E-state index in [2.05, 4.69) is 27.1 Å². The Morgan fingerprint density at radius 2 is 2.04 bits per heavy atom. The van der Waals surface area contributed by atoms with Gasteiger partial charge < -0.3 is 16.4 Å². The minimum atomic E-state index is 0.0439. The number of hydrogen-bond donors (Lipinski definition) is 3. The summed E-state index contributed by atoms with van der Waals surface area (Å²) in [6, 6.07) is 11.8. The molecule has 1 aromatic heterocycles. The molecule has 128 valence electrons. The van der Waals surface area contributed by atoms with Crippen LogP contribution in [-0.2, 0) is 17.8 Å². The van der Waals surface area contributed by atoms with E-state index < -0.39 is 0 Å². The molecule has 1 heterocycles. The molecule has 0 saturated heterocycles. The molecule has 0 radical (unpaired) electrons. The van der Waals surface area contributed by atoms with E-state index in [-0.39, 0.29) is 5.91 Å². The molecule has 24 heavy (non-hydrogen) atoms. The van der Waals surface area contributed by atoms with E-state index in [1.165, 1.54) is 4.88 Å². The minimum absolute atomic E-state index is 0.0439. The van der Waals surface area contributed by atoms with Crippen molar-refractivity contribution in [1.82, 2.24) is 5.32 Å². The Balaban J connectivity index is 1.74. The van der Waals surface area contributed by atoms with Crippen LogP contribution in [0.25, 0.3) is 0 Å². The number of thiophene rings is 1. The van der Waals surface area contributed by atoms with Crippen LogP contribution >= 0.6 is 11.3 Å². The van der Waals surface area contributed by atoms with Crippen molar-refractivity contribution in [1.29, 1.82) is 0 Å². The van der Waals surface area contributed by atoms with Crippen LogP contribution in [0.5, 0.6) is 0 Å². The maximum Gasteiger partial charge on any atom is 0.224 e. The van der Waals surface area contributed by atoms with Gasteiger partial charge in [-0.1, -0.05) is 25.1 Å². The predicted molar refractivity (Wildman–Crippen MR) is 101 cm³/mol. The van der Waals surface area contributed by atoms with Crippen molar-refractivity contribution in [3.05, 3.63) is 52.2 Å². The molecule has 4 N–H and O–H groups in total. The fraction of sp³-hybridized carbons (Fsp3) is 0.333. The molecule has 2 aromatic rings. The number of rotatable bonds is 8. The van der Waals surface area contributed by atoms with E-state index in [0.717, 1.165) is 30.6 Å². The normalized spacial score (nSPS) is 11.3. The van der Waals surface area contributed by atoms with Gasteiger partial charge in [0.2, 0.25) is 5.91 Å². The van der Waals surface area contributed by atoms with Gasteiger partial charge in [0.1, 0.15) is 0 Å². The fourth-order valence-corrected chi connectivity index (χ4v) is 2.85. The van der Waals surface area contributed by atoms with Crippen LogP contribution in [0.1, 0.15) is 30.2 Å². The van der Waals surface area contributed by atoms with Gasteiger partial charge in [-0.3, -0.25) is 4.79 Å². The molecular weight excluding hydrogens is 320 g/mol. The first kappa shape index (κ1) is 18.0. The molecule has 0 spiro atoms. The van der Waals surface area contributed by atoms with Crippen molar-refractivity contribution in [2.75, 3.05) is 11.9 Å². The monoisotopic (exact) mass is 344 g/mol. The van der Waals surface area contributed by atoms with Crippen molar-refractivity contribution < 1.29 is 4.79 Å². The Kier molecular flexibility index (Phi) is 7.29. The average Bonchev–Trinajstić information content (AvgIpc) is 3.08. The predicted octanol–water partition coefficient (Wildman–Crippen LogP) is 3.13. The Hall–Kier alpha value is -2.34. The van der Waals surface area contributed by atoms with E-state index in [0.29, 0.717) is 18.9 Å². The molecule has 0 aliphatic heterocycles. The Morgan fingerprint density at radius 1 is 1.25 bits per heavy atom. The third kappa shape index (κ3) is 6.42. The van der Waals surface area contributed by atoms with E-state index in [9.17, 15) is 4.79 Å². The zero-order chi connectivity index (χ0) is 17.2. The standard InChI is InChI=1S/C18H24N4OS/c1-2-4-17(23)22-15-8-6-14(7-9-15)13-21-18(19)20-11-10-16-5-3-12-24-16/h3,5-9,12H,2,4,10-11,13H2,1H3,(H,22,23)(H3,19,20,21). The highest BCUT2D eigenvalue weighted by Crippen LogP contribution is 2.11. The van der Waals surface area contributed by atoms with Crippen LogP contribution in [0.15, 0.2) is 46.8 Å². The Bertz CT molecular complexity index is 650. The van der Waals surface area contributed by atoms with Gasteiger partial charge in [-0.2, -0.15) is 0 Å². The molecule has 0 fully saturated rings. The summed E-state index contributed by atoms with van der Waals surface area (Å²) in [7, 11) is 0. The summed E-state index contributed by atoms with van der Waals surface area (Å²) >= 11 is 1.74. The number of benzene rings is 1. The number of nitrogens with zero attached hydrogens (tertiary/aromatic N) is 1. The second kappa shape index (κ2) is 9.72. The van der Waals surface area contributed by atoms with Crippen LogP contribution in [0, 0.1) is 0 Å². The Labute approximate surface area is 147 Å². The zero-order valence-electron chi connectivity index (χ0n) is 13.9. The smallest absolute Gasteiger partial charge is 0.224 e. The second-order valence-corrected chi connectivity index (χ2v) is 6.48. The van der Waals surface area contributed by atoms with E-state index >= 15 is 0 Å². The number of amides is 1. The highest BCUT2D eigenvalue weighted by atomic mass is 32.1. The number of carbonyl (C=O) groups excluding carboxylic acids is 1. The zero-order valence-corrected chi connectivity index (χ0v) is 14.7. The molecule has 0 unspecified atom stereocenters. The SMILES string of the molecule is CCCC(=O)Nc1ccc(CN=C(N)NCCc2cccs2)cc1. The Morgan fingerprint density at radius 3 is 2.71 bits per heavy atom. The molecular formula is C18H24N4OS. The van der Waals surface area contributed by atoms with E-state index in [1.807, 2.05) is 37.3 Å². The molecule has 0 saturated carbocycles. The lowest BCUT2D eigenvalue weighted by Gasteiger charge is -2.06. The van der Waals surface area contributed by atoms with Gasteiger partial charge in [-0.15, -0.1) is 11.3 Å². The topological polar surface area (TPSA) is 79.5 Å². The summed E-state index contributed by atoms with van der Waals surface area (Å²) in [6.45, 7) is 3.28. The first-order valence-corrected chi connectivity index (χ1v) is 9.00. The third-order valence-electron chi connectivity index (χ3n) is 3.40. The molecule has 5 nitrogen and oxygen atoms in total. The van der Waals surface area contributed by atoms with Gasteiger partial charge in [0, 0.05) is 23.5 Å². The first-order valence-electron chi connectivity index (χ1n) is 8.12. The number of guanidine groups is 1. The minimum Gasteiger partial charge on any atom is -0.370 e. The molecule has 0 aliphatic rings. The van der Waals surface area contributed by atoms with E-state index in [4.69, 9.17) is 5.73 Å². The lowest BCUT2D eigenvalue weighted by Crippen LogP contribution is -2.33. The third-order valence-corrected chi connectivity index (χ3v) is 4.34. The summed E-state index contributed by atoms with van der Waals surface area (Å²) in [4.78, 5) is 17.2. The summed E-state index contributed by atoms with van der Waals surface area (Å²) < 4.78 is 0. The lowest BCUT2D eigenvalue weighted by molar-refractivity contribution is -0.116. The van der Waals surface area contributed by atoms with Crippen molar-refractivity contribution in [3.8, 4) is 0 Å². The largest absolute Gasteiger partial charge is 0.370 e. The quantitative estimate of drug-likeness (QED) is 0.508. The molecule has 0 aliphatic carbocycles. The van der Waals surface area contributed by atoms with Gasteiger partial charge in [0.15, 0.2) is 5.96 Å². The first-order chi connectivity index (χ1) is 11.7. The molecule has 1 amide bonds. The maximum atomic E-state index is 11.5. The molecule has 2 rings (SSSR count). The molecule has 6 heteroatoms. The number of carbonyl (C=O) groups is 1. The van der Waals surface area contributed by atoms with Crippen LogP contribution in [0.4, 0.5) is 5.69 Å². The average molecular weight is 344 g/mol. The van der Waals surface area contributed by atoms with Crippen molar-refractivity contribution in [2.45, 2.75) is 32.7 Å². The van der Waals surface area contributed by atoms with Crippen molar-refractivity contribution in [2.24, 2.45) is 10.7 Å². The van der Waals surface area contributed by atoms with Gasteiger partial charge in [-0.25, -0.2) is 4.99 Å². The number of hydrogen-bond acceptors (Lipinski definition) is 3. The number of anilines is 1. The molecule has 0 bridgehead atoms. The van der Waals surface area contributed by atoms with E-state index in [1.54, 1.807) is 11.3 Å². The van der Waals surface area contributed by atoms with Gasteiger partial charge in [0.05, 0.1) is 6.54 Å². The molecule has 0 atom stereocenters.